The first kappa shape index (κ1) is 20.4. The van der Waals surface area contributed by atoms with Crippen molar-refractivity contribution in [3.63, 3.8) is 0 Å². The second-order valence-electron chi connectivity index (χ2n) is 7.03. The van der Waals surface area contributed by atoms with E-state index in [0.717, 1.165) is 28.6 Å². The van der Waals surface area contributed by atoms with Crippen molar-refractivity contribution in [2.45, 2.75) is 20.0 Å². The SMILES string of the molecule is CCn1cc(CNC(=O)c2cc(-c3cc(OC)ccc3OC)nc3ccccc23)cn1. The summed E-state index contributed by atoms with van der Waals surface area (Å²) in [5.74, 6) is 1.16. The van der Waals surface area contributed by atoms with E-state index < -0.39 is 0 Å². The fourth-order valence-electron chi connectivity index (χ4n) is 3.46. The molecule has 0 saturated heterocycles. The van der Waals surface area contributed by atoms with Crippen molar-refractivity contribution >= 4 is 16.8 Å². The fourth-order valence-corrected chi connectivity index (χ4v) is 3.46. The van der Waals surface area contributed by atoms with Crippen molar-refractivity contribution in [2.24, 2.45) is 0 Å². The van der Waals surface area contributed by atoms with Gasteiger partial charge < -0.3 is 14.8 Å². The van der Waals surface area contributed by atoms with Crippen LogP contribution in [0.25, 0.3) is 22.2 Å². The lowest BCUT2D eigenvalue weighted by Gasteiger charge is -2.13. The summed E-state index contributed by atoms with van der Waals surface area (Å²) in [6.07, 6.45) is 3.69. The molecule has 0 atom stereocenters. The number of amides is 1. The van der Waals surface area contributed by atoms with Crippen LogP contribution in [0.4, 0.5) is 0 Å². The summed E-state index contributed by atoms with van der Waals surface area (Å²) in [4.78, 5) is 17.9. The number of aryl methyl sites for hydroxylation is 1. The number of benzene rings is 2. The highest BCUT2D eigenvalue weighted by atomic mass is 16.5. The van der Waals surface area contributed by atoms with E-state index in [0.29, 0.717) is 29.3 Å². The third-order valence-electron chi connectivity index (χ3n) is 5.11. The van der Waals surface area contributed by atoms with Crippen LogP contribution in [0.3, 0.4) is 0 Å². The number of fused-ring (bicyclic) bond motifs is 1. The first-order chi connectivity index (χ1) is 15.1. The quantitative estimate of drug-likeness (QED) is 0.491. The maximum atomic E-state index is 13.1. The summed E-state index contributed by atoms with van der Waals surface area (Å²) in [7, 11) is 3.22. The zero-order valence-electron chi connectivity index (χ0n) is 17.8. The third-order valence-corrected chi connectivity index (χ3v) is 5.11. The minimum Gasteiger partial charge on any atom is -0.497 e. The van der Waals surface area contributed by atoms with Gasteiger partial charge in [0.15, 0.2) is 0 Å². The molecule has 7 nitrogen and oxygen atoms in total. The Labute approximate surface area is 180 Å². The number of hydrogen-bond donors (Lipinski definition) is 1. The van der Waals surface area contributed by atoms with Crippen LogP contribution in [-0.4, -0.2) is 34.9 Å². The van der Waals surface area contributed by atoms with Gasteiger partial charge in [-0.3, -0.25) is 9.48 Å². The Morgan fingerprint density at radius 1 is 1.10 bits per heavy atom. The predicted molar refractivity (Wildman–Crippen MR) is 119 cm³/mol. The number of ether oxygens (including phenoxy) is 2. The van der Waals surface area contributed by atoms with E-state index in [1.165, 1.54) is 0 Å². The standard InChI is InChI=1S/C24H24N4O3/c1-4-28-15-16(14-26-28)13-25-24(29)19-12-22(27-21-8-6-5-7-18(19)21)20-11-17(30-2)9-10-23(20)31-3/h5-12,14-15H,4,13H2,1-3H3,(H,25,29). The number of nitrogens with zero attached hydrogens (tertiary/aromatic N) is 3. The number of pyridine rings is 1. The number of aromatic nitrogens is 3. The Balaban J connectivity index is 1.74. The molecular weight excluding hydrogens is 392 g/mol. The number of methoxy groups -OCH3 is 2. The van der Waals surface area contributed by atoms with Crippen molar-refractivity contribution in [1.29, 1.82) is 0 Å². The number of hydrogen-bond acceptors (Lipinski definition) is 5. The number of nitrogens with one attached hydrogen (secondary N) is 1. The molecule has 0 fully saturated rings. The van der Waals surface area contributed by atoms with E-state index >= 15 is 0 Å². The van der Waals surface area contributed by atoms with Crippen LogP contribution in [0.1, 0.15) is 22.8 Å². The van der Waals surface area contributed by atoms with E-state index in [9.17, 15) is 4.79 Å². The molecule has 0 aliphatic carbocycles. The molecule has 4 rings (SSSR count). The lowest BCUT2D eigenvalue weighted by atomic mass is 10.0. The molecule has 0 aliphatic heterocycles. The van der Waals surface area contributed by atoms with Gasteiger partial charge in [-0.25, -0.2) is 4.98 Å². The molecule has 0 aliphatic rings. The van der Waals surface area contributed by atoms with Crippen LogP contribution < -0.4 is 14.8 Å². The molecule has 1 amide bonds. The molecule has 0 unspecified atom stereocenters. The van der Waals surface area contributed by atoms with Gasteiger partial charge in [0.1, 0.15) is 11.5 Å². The molecule has 1 N–H and O–H groups in total. The highest BCUT2D eigenvalue weighted by Gasteiger charge is 2.17. The molecule has 158 valence electrons. The van der Waals surface area contributed by atoms with Crippen molar-refractivity contribution in [2.75, 3.05) is 14.2 Å². The molecule has 2 heterocycles. The van der Waals surface area contributed by atoms with Crippen molar-refractivity contribution in [3.05, 3.63) is 72.1 Å². The minimum atomic E-state index is -0.175. The molecule has 0 saturated carbocycles. The molecule has 7 heteroatoms. The molecule has 0 spiro atoms. The fraction of sp³-hybridized carbons (Fsp3) is 0.208. The monoisotopic (exact) mass is 416 g/mol. The summed E-state index contributed by atoms with van der Waals surface area (Å²) in [5, 5.41) is 8.04. The van der Waals surface area contributed by atoms with Gasteiger partial charge in [0.25, 0.3) is 5.91 Å². The van der Waals surface area contributed by atoms with Crippen LogP contribution in [0, 0.1) is 0 Å². The lowest BCUT2D eigenvalue weighted by Crippen LogP contribution is -2.23. The topological polar surface area (TPSA) is 78.3 Å². The van der Waals surface area contributed by atoms with Gasteiger partial charge in [-0.15, -0.1) is 0 Å². The van der Waals surface area contributed by atoms with Crippen LogP contribution in [0.5, 0.6) is 11.5 Å². The first-order valence-corrected chi connectivity index (χ1v) is 10.0. The highest BCUT2D eigenvalue weighted by molar-refractivity contribution is 6.07. The molecule has 0 bridgehead atoms. The predicted octanol–water partition coefficient (Wildman–Crippen LogP) is 4.07. The lowest BCUT2D eigenvalue weighted by molar-refractivity contribution is 0.0952. The van der Waals surface area contributed by atoms with Gasteiger partial charge >= 0.3 is 0 Å². The number of para-hydroxylation sites is 1. The molecule has 31 heavy (non-hydrogen) atoms. The number of rotatable bonds is 7. The maximum Gasteiger partial charge on any atom is 0.252 e. The second-order valence-corrected chi connectivity index (χ2v) is 7.03. The van der Waals surface area contributed by atoms with Gasteiger partial charge in [0, 0.05) is 35.8 Å². The van der Waals surface area contributed by atoms with E-state index in [1.807, 2.05) is 60.3 Å². The van der Waals surface area contributed by atoms with Crippen molar-refractivity contribution in [3.8, 4) is 22.8 Å². The summed E-state index contributed by atoms with van der Waals surface area (Å²) in [6.45, 7) is 3.20. The first-order valence-electron chi connectivity index (χ1n) is 10.0. The maximum absolute atomic E-state index is 13.1. The van der Waals surface area contributed by atoms with E-state index in [2.05, 4.69) is 10.4 Å². The van der Waals surface area contributed by atoms with Gasteiger partial charge in [-0.2, -0.15) is 5.10 Å². The summed E-state index contributed by atoms with van der Waals surface area (Å²) in [6, 6.07) is 14.9. The third kappa shape index (κ3) is 4.21. The largest absolute Gasteiger partial charge is 0.497 e. The van der Waals surface area contributed by atoms with Gasteiger partial charge in [0.05, 0.1) is 37.2 Å². The normalized spacial score (nSPS) is 10.8. The Hall–Kier alpha value is -3.87. The van der Waals surface area contributed by atoms with Crippen LogP contribution in [0.15, 0.2) is 60.9 Å². The Bertz CT molecular complexity index is 1230. The van der Waals surface area contributed by atoms with Gasteiger partial charge in [0.2, 0.25) is 0 Å². The van der Waals surface area contributed by atoms with Crippen LogP contribution in [-0.2, 0) is 13.1 Å². The molecule has 4 aromatic rings. The van der Waals surface area contributed by atoms with E-state index in [1.54, 1.807) is 26.5 Å². The highest BCUT2D eigenvalue weighted by Crippen LogP contribution is 2.34. The minimum absolute atomic E-state index is 0.175. The zero-order valence-corrected chi connectivity index (χ0v) is 17.8. The van der Waals surface area contributed by atoms with Gasteiger partial charge in [-0.05, 0) is 37.3 Å². The summed E-state index contributed by atoms with van der Waals surface area (Å²) in [5.41, 5.74) is 3.62. The second kappa shape index (κ2) is 8.87. The smallest absolute Gasteiger partial charge is 0.252 e. The average molecular weight is 416 g/mol. The number of carbonyl (C=O) groups is 1. The molecule has 2 aromatic heterocycles. The Morgan fingerprint density at radius 3 is 2.68 bits per heavy atom. The Morgan fingerprint density at radius 2 is 1.94 bits per heavy atom. The van der Waals surface area contributed by atoms with Crippen LogP contribution in [0.2, 0.25) is 0 Å². The molecular formula is C24H24N4O3. The van der Waals surface area contributed by atoms with Gasteiger partial charge in [-0.1, -0.05) is 18.2 Å². The molecule has 2 aromatic carbocycles. The molecule has 0 radical (unpaired) electrons. The van der Waals surface area contributed by atoms with Crippen molar-refractivity contribution < 1.29 is 14.3 Å². The van der Waals surface area contributed by atoms with E-state index in [-0.39, 0.29) is 5.91 Å². The average Bonchev–Trinajstić information content (AvgIpc) is 3.29. The zero-order chi connectivity index (χ0) is 21.8. The van der Waals surface area contributed by atoms with E-state index in [4.69, 9.17) is 14.5 Å². The Kier molecular flexibility index (Phi) is 5.84. The summed E-state index contributed by atoms with van der Waals surface area (Å²) < 4.78 is 12.7. The van der Waals surface area contributed by atoms with Crippen LogP contribution >= 0.6 is 0 Å². The van der Waals surface area contributed by atoms with Crippen molar-refractivity contribution in [1.82, 2.24) is 20.1 Å². The summed E-state index contributed by atoms with van der Waals surface area (Å²) >= 11 is 0. The number of carbonyl (C=O) groups excluding carboxylic acids is 1.